The molecule has 0 heterocycles. The number of fused-ring (bicyclic) bond motifs is 5. The van der Waals surface area contributed by atoms with Crippen molar-refractivity contribution in [1.29, 1.82) is 0 Å². The predicted octanol–water partition coefficient (Wildman–Crippen LogP) is -1.67. The lowest BCUT2D eigenvalue weighted by molar-refractivity contribution is -0.463. The molecule has 0 aromatic carbocycles. The highest BCUT2D eigenvalue weighted by Gasteiger charge is 2.59. The number of esters is 1. The van der Waals surface area contributed by atoms with Crippen LogP contribution in [0.25, 0.3) is 0 Å². The number of hydrogen-bond acceptors (Lipinski definition) is 2. The van der Waals surface area contributed by atoms with E-state index in [9.17, 15) is 4.79 Å². The van der Waals surface area contributed by atoms with E-state index >= 15 is 0 Å². The van der Waals surface area contributed by atoms with Crippen molar-refractivity contribution in [3.8, 4) is 0 Å². The first kappa shape index (κ1) is 38.2. The molecule has 3 saturated carbocycles. The molecule has 0 bridgehead atoms. The molecular weight excluding hydrogens is 579 g/mol. The third-order valence-corrected chi connectivity index (χ3v) is 13.0. The highest BCUT2D eigenvalue weighted by atomic mass is 35.5. The Hall–Kier alpha value is -0.980. The molecule has 43 heavy (non-hydrogen) atoms. The van der Waals surface area contributed by atoms with Crippen LogP contribution in [-0.4, -0.2) is 30.6 Å². The molecule has 0 aliphatic heterocycles. The molecule has 4 rings (SSSR count). The minimum atomic E-state index is -0.346. The van der Waals surface area contributed by atoms with Crippen molar-refractivity contribution in [2.75, 3.05) is 6.54 Å². The van der Waals surface area contributed by atoms with Gasteiger partial charge in [0, 0.05) is 12.8 Å². The van der Waals surface area contributed by atoms with E-state index in [-0.39, 0.29) is 54.3 Å². The van der Waals surface area contributed by atoms with E-state index in [1.165, 1.54) is 51.4 Å². The van der Waals surface area contributed by atoms with Gasteiger partial charge in [0.05, 0.1) is 6.54 Å². The van der Waals surface area contributed by atoms with E-state index in [0.29, 0.717) is 18.4 Å². The third-order valence-electron chi connectivity index (χ3n) is 13.0. The van der Waals surface area contributed by atoms with Crippen LogP contribution in [0, 0.1) is 52.3 Å². The van der Waals surface area contributed by atoms with Crippen LogP contribution >= 0.6 is 0 Å². The van der Waals surface area contributed by atoms with Crippen molar-refractivity contribution in [2.45, 2.75) is 137 Å². The van der Waals surface area contributed by atoms with E-state index in [1.54, 1.807) is 5.57 Å². The summed E-state index contributed by atoms with van der Waals surface area (Å²) in [6.07, 6.45) is 18.1. The van der Waals surface area contributed by atoms with Crippen molar-refractivity contribution in [3.63, 3.8) is 0 Å². The van der Waals surface area contributed by atoms with Crippen LogP contribution < -0.4 is 47.0 Å². The number of nitrogens with one attached hydrogen (secondary N) is 1. The first-order valence-electron chi connectivity index (χ1n) is 17.3. The zero-order valence-electron chi connectivity index (χ0n) is 28.1. The lowest BCUT2D eigenvalue weighted by Crippen LogP contribution is -3.00. The number of ether oxygens (including phenoxy) is 1. The smallest absolute Gasteiger partial charge is 0.365 e. The fraction of sp³-hybridized carbons (Fsp3) is 0.886. The lowest BCUT2D eigenvalue weighted by atomic mass is 9.47. The maximum Gasteiger partial charge on any atom is 0.365 e. The quantitative estimate of drug-likeness (QED) is 0.0669. The van der Waals surface area contributed by atoms with Crippen LogP contribution in [0.15, 0.2) is 11.6 Å². The van der Waals surface area contributed by atoms with Gasteiger partial charge in [-0.25, -0.2) is 4.79 Å². The van der Waals surface area contributed by atoms with E-state index in [4.69, 9.17) is 16.2 Å². The van der Waals surface area contributed by atoms with Crippen LogP contribution in [0.5, 0.6) is 0 Å². The van der Waals surface area contributed by atoms with Gasteiger partial charge in [-0.05, 0) is 110 Å². The normalized spacial score (nSPS) is 35.1. The Morgan fingerprint density at radius 1 is 1.05 bits per heavy atom. The van der Waals surface area contributed by atoms with Crippen LogP contribution in [0.1, 0.15) is 125 Å². The minimum Gasteiger partial charge on any atom is -1.00 e. The summed E-state index contributed by atoms with van der Waals surface area (Å²) < 4.78 is 6.03. The Bertz CT molecular complexity index is 969. The van der Waals surface area contributed by atoms with E-state index in [1.807, 2.05) is 0 Å². The lowest BCUT2D eigenvalue weighted by Gasteiger charge is -2.58. The van der Waals surface area contributed by atoms with Gasteiger partial charge >= 0.3 is 11.9 Å². The average Bonchev–Trinajstić information content (AvgIpc) is 3.28. The third kappa shape index (κ3) is 8.25. The minimum absolute atomic E-state index is 0. The molecule has 4 aliphatic rings. The zero-order chi connectivity index (χ0) is 29.9. The van der Waals surface area contributed by atoms with Crippen molar-refractivity contribution < 1.29 is 45.1 Å². The highest BCUT2D eigenvalue weighted by Crippen LogP contribution is 2.67. The second-order valence-corrected chi connectivity index (χ2v) is 15.5. The molecule has 0 radical (unpaired) electrons. The Kier molecular flexibility index (Phi) is 14.2. The van der Waals surface area contributed by atoms with Crippen LogP contribution in [0.2, 0.25) is 0 Å². The largest absolute Gasteiger partial charge is 1.00 e. The molecule has 4 aliphatic carbocycles. The molecule has 10 atom stereocenters. The summed E-state index contributed by atoms with van der Waals surface area (Å²) in [7, 11) is 0. The summed E-state index contributed by atoms with van der Waals surface area (Å²) in [6.45, 7) is 15.7. The van der Waals surface area contributed by atoms with E-state index in [2.05, 4.69) is 58.3 Å². The predicted molar refractivity (Wildman–Crippen MR) is 167 cm³/mol. The average molecular weight is 644 g/mol. The Balaban J connectivity index is 0.00000323. The number of quaternary nitrogens is 1. The molecule has 0 aromatic heterocycles. The molecule has 0 spiro atoms. The molecule has 6 nitrogen and oxygen atoms in total. The SMILES string of the molecule is CC[C@H](CC[C@@H](C)[C@H]1CC[C@H]2[C@@H]3CC=C4C[C@@H](OC(=O)C([NH3+])CCC[NH+]=C(N)N)CC[C@]4(C)[C@H]3CC[C@]12C)C(C)C.[Cl-].[Cl-]. The molecule has 8 N–H and O–H groups in total. The molecule has 8 heteroatoms. The number of allylic oxidation sites excluding steroid dienone is 1. The fourth-order valence-electron chi connectivity index (χ4n) is 10.3. The highest BCUT2D eigenvalue weighted by molar-refractivity contribution is 5.74. The molecule has 1 unspecified atom stereocenters. The first-order valence-corrected chi connectivity index (χ1v) is 17.3. The molecule has 0 aromatic rings. The van der Waals surface area contributed by atoms with Gasteiger partial charge in [-0.1, -0.05) is 66.0 Å². The number of rotatable bonds is 12. The summed E-state index contributed by atoms with van der Waals surface area (Å²) in [4.78, 5) is 15.7. The molecular formula is C35H64Cl2N4O2. The molecule has 3 fully saturated rings. The van der Waals surface area contributed by atoms with Crippen molar-refractivity contribution in [1.82, 2.24) is 0 Å². The second-order valence-electron chi connectivity index (χ2n) is 15.5. The summed E-state index contributed by atoms with van der Waals surface area (Å²) >= 11 is 0. The van der Waals surface area contributed by atoms with Crippen molar-refractivity contribution in [2.24, 2.45) is 63.7 Å². The molecule has 250 valence electrons. The van der Waals surface area contributed by atoms with Gasteiger partial charge < -0.3 is 35.3 Å². The summed E-state index contributed by atoms with van der Waals surface area (Å²) in [6, 6.07) is -0.346. The van der Waals surface area contributed by atoms with E-state index < -0.39 is 0 Å². The standard InChI is InChI=1S/C35H62N4O2.2ClH/c1-7-24(22(2)3)11-10-23(4)28-14-15-29-27-13-12-25-21-26(41-32(40)31(36)9-8-20-39-33(37)38)16-18-34(25,5)30(27)17-19-35(28,29)6;;/h12,22-24,26-31H,7-11,13-21,36H2,1-6H3,(H4,37,38,39);2*1H/t23-,24-,26+,27+,28-,29+,30+,31?,34+,35-;;/m1../s1. The number of carbonyl (C=O) groups excluding carboxylic acids is 1. The molecule has 0 amide bonds. The van der Waals surface area contributed by atoms with Crippen LogP contribution in [0.3, 0.4) is 0 Å². The van der Waals surface area contributed by atoms with Gasteiger partial charge in [-0.3, -0.25) is 16.5 Å². The Labute approximate surface area is 275 Å². The summed E-state index contributed by atoms with van der Waals surface area (Å²) in [5.74, 6) is 5.97. The number of halogens is 2. The van der Waals surface area contributed by atoms with Gasteiger partial charge in [0.1, 0.15) is 6.10 Å². The number of guanidine groups is 1. The fourth-order valence-corrected chi connectivity index (χ4v) is 10.3. The van der Waals surface area contributed by atoms with Crippen molar-refractivity contribution >= 4 is 11.9 Å². The summed E-state index contributed by atoms with van der Waals surface area (Å²) in [5, 5.41) is 0. The Morgan fingerprint density at radius 3 is 2.42 bits per heavy atom. The van der Waals surface area contributed by atoms with Gasteiger partial charge in [0.25, 0.3) is 0 Å². The van der Waals surface area contributed by atoms with Gasteiger partial charge in [0.15, 0.2) is 6.04 Å². The number of carbonyl (C=O) groups is 1. The summed E-state index contributed by atoms with van der Waals surface area (Å²) in [5.41, 5.74) is 17.3. The second kappa shape index (κ2) is 16.0. The monoisotopic (exact) mass is 642 g/mol. The Morgan fingerprint density at radius 2 is 1.77 bits per heavy atom. The molecule has 0 saturated heterocycles. The van der Waals surface area contributed by atoms with Crippen LogP contribution in [-0.2, 0) is 9.53 Å². The first-order chi connectivity index (χ1) is 19.4. The maximum atomic E-state index is 12.8. The van der Waals surface area contributed by atoms with Crippen LogP contribution in [0.4, 0.5) is 0 Å². The number of nitrogens with two attached hydrogens (primary N) is 2. The topological polar surface area (TPSA) is 120 Å². The van der Waals surface area contributed by atoms with Crippen molar-refractivity contribution in [3.05, 3.63) is 11.6 Å². The van der Waals surface area contributed by atoms with Gasteiger partial charge in [-0.15, -0.1) is 0 Å². The maximum absolute atomic E-state index is 12.8. The number of hydrogen-bond donors (Lipinski definition) is 4. The van der Waals surface area contributed by atoms with E-state index in [0.717, 1.165) is 67.1 Å². The van der Waals surface area contributed by atoms with Gasteiger partial charge in [0.2, 0.25) is 0 Å². The zero-order valence-corrected chi connectivity index (χ0v) is 29.6. The van der Waals surface area contributed by atoms with Gasteiger partial charge in [-0.2, -0.15) is 0 Å².